The van der Waals surface area contributed by atoms with Crippen molar-refractivity contribution < 1.29 is 18.4 Å². The van der Waals surface area contributed by atoms with Crippen molar-refractivity contribution in [2.24, 2.45) is 5.16 Å². The maximum atomic E-state index is 13.4. The van der Waals surface area contributed by atoms with Crippen molar-refractivity contribution in [3.8, 4) is 0 Å². The van der Waals surface area contributed by atoms with E-state index >= 15 is 0 Å². The summed E-state index contributed by atoms with van der Waals surface area (Å²) in [5.41, 5.74) is 2.00. The van der Waals surface area contributed by atoms with Crippen LogP contribution in [0.4, 0.5) is 10.2 Å². The van der Waals surface area contributed by atoms with Gasteiger partial charge in [-0.05, 0) is 46.4 Å². The molecule has 4 N–H and O–H groups in total. The number of hydrogen-bond acceptors (Lipinski definition) is 8. The lowest BCUT2D eigenvalue weighted by molar-refractivity contribution is 0.303. The van der Waals surface area contributed by atoms with E-state index in [1.54, 1.807) is 6.07 Å². The molecule has 0 spiro atoms. The predicted molar refractivity (Wildman–Crippen MR) is 93.4 cm³/mol. The van der Waals surface area contributed by atoms with Crippen LogP contribution in [0, 0.1) is 10.6 Å². The summed E-state index contributed by atoms with van der Waals surface area (Å²) in [5.74, 6) is 0.236. The van der Waals surface area contributed by atoms with Gasteiger partial charge in [0.2, 0.25) is 5.82 Å². The largest absolute Gasteiger partial charge is 0.409 e. The van der Waals surface area contributed by atoms with Gasteiger partial charge in [0.25, 0.3) is 0 Å². The van der Waals surface area contributed by atoms with Gasteiger partial charge in [0.1, 0.15) is 5.82 Å². The third kappa shape index (κ3) is 4.10. The van der Waals surface area contributed by atoms with Gasteiger partial charge in [-0.1, -0.05) is 11.2 Å². The minimum absolute atomic E-state index is 0.0495. The minimum Gasteiger partial charge on any atom is -0.409 e. The van der Waals surface area contributed by atoms with Crippen molar-refractivity contribution in [3.05, 3.63) is 40.8 Å². The monoisotopic (exact) mass is 382 g/mol. The Labute approximate surface area is 149 Å². The molecule has 1 aliphatic carbocycles. The Morgan fingerprint density at radius 3 is 3.08 bits per heavy atom. The highest BCUT2D eigenvalue weighted by Gasteiger charge is 2.29. The quantitative estimate of drug-likeness (QED) is 0.188. The van der Waals surface area contributed by atoms with Crippen molar-refractivity contribution >= 4 is 21.4 Å². The van der Waals surface area contributed by atoms with Gasteiger partial charge in [0.05, 0.1) is 6.04 Å². The van der Waals surface area contributed by atoms with Crippen molar-refractivity contribution in [1.29, 1.82) is 4.78 Å². The standard InChI is InChI=1S/C15H19FN6O3S/c1-26(17,24)6-2-5-18-14-13(21-25-22-14)15(20-23)19-12-7-9-3-4-10(16)8-11(9)12/h3-4,8,12,17,23H,2,5-7H2,1H3,(H,18,22)(H,19,20). The topological polar surface area (TPSA) is 136 Å². The second kappa shape index (κ2) is 7.28. The highest BCUT2D eigenvalue weighted by atomic mass is 32.2. The van der Waals surface area contributed by atoms with Gasteiger partial charge in [0, 0.05) is 28.3 Å². The first-order valence-electron chi connectivity index (χ1n) is 7.92. The molecule has 1 aromatic heterocycles. The van der Waals surface area contributed by atoms with Crippen molar-refractivity contribution in [2.75, 3.05) is 23.9 Å². The van der Waals surface area contributed by atoms with Gasteiger partial charge in [-0.3, -0.25) is 8.99 Å². The van der Waals surface area contributed by atoms with Crippen molar-refractivity contribution in [1.82, 2.24) is 15.6 Å². The predicted octanol–water partition coefficient (Wildman–Crippen LogP) is 1.71. The van der Waals surface area contributed by atoms with E-state index < -0.39 is 9.73 Å². The van der Waals surface area contributed by atoms with Gasteiger partial charge in [-0.2, -0.15) is 0 Å². The van der Waals surface area contributed by atoms with E-state index in [9.17, 15) is 13.8 Å². The van der Waals surface area contributed by atoms with Crippen LogP contribution in [-0.2, 0) is 16.1 Å². The van der Waals surface area contributed by atoms with Crippen LogP contribution in [0.25, 0.3) is 0 Å². The molecular weight excluding hydrogens is 363 g/mol. The molecule has 1 heterocycles. The average molecular weight is 382 g/mol. The van der Waals surface area contributed by atoms with Crippen LogP contribution in [0.2, 0.25) is 0 Å². The number of benzene rings is 1. The Bertz CT molecular complexity index is 927. The number of nitrogens with one attached hydrogen (secondary N) is 3. The Morgan fingerprint density at radius 2 is 2.35 bits per heavy atom. The van der Waals surface area contributed by atoms with E-state index in [2.05, 4.69) is 26.1 Å². The van der Waals surface area contributed by atoms with E-state index in [1.165, 1.54) is 18.4 Å². The summed E-state index contributed by atoms with van der Waals surface area (Å²) >= 11 is 0. The molecule has 0 aliphatic heterocycles. The van der Waals surface area contributed by atoms with Gasteiger partial charge in [0.15, 0.2) is 11.5 Å². The van der Waals surface area contributed by atoms with E-state index in [0.717, 1.165) is 11.1 Å². The zero-order valence-electron chi connectivity index (χ0n) is 14.0. The molecule has 2 unspecified atom stereocenters. The molecule has 9 nitrogen and oxygen atoms in total. The van der Waals surface area contributed by atoms with Gasteiger partial charge < -0.3 is 15.8 Å². The molecule has 26 heavy (non-hydrogen) atoms. The third-order valence-electron chi connectivity index (χ3n) is 4.03. The lowest BCUT2D eigenvalue weighted by Crippen LogP contribution is -2.37. The molecule has 11 heteroatoms. The van der Waals surface area contributed by atoms with Crippen LogP contribution in [-0.4, -0.2) is 44.1 Å². The molecule has 140 valence electrons. The molecule has 0 fully saturated rings. The molecule has 0 radical (unpaired) electrons. The molecule has 0 bridgehead atoms. The van der Waals surface area contributed by atoms with Crippen LogP contribution in [0.15, 0.2) is 28.0 Å². The molecule has 3 rings (SSSR count). The zero-order valence-corrected chi connectivity index (χ0v) is 14.8. The number of oxime groups is 1. The zero-order chi connectivity index (χ0) is 18.7. The average Bonchev–Trinajstić information content (AvgIpc) is 3.02. The van der Waals surface area contributed by atoms with Gasteiger partial charge in [-0.15, -0.1) is 0 Å². The highest BCUT2D eigenvalue weighted by Crippen LogP contribution is 2.33. The summed E-state index contributed by atoms with van der Waals surface area (Å²) in [6.45, 7) is 0.404. The summed E-state index contributed by atoms with van der Waals surface area (Å²) < 4.78 is 36.8. The summed E-state index contributed by atoms with van der Waals surface area (Å²) in [6, 6.07) is 4.37. The SMILES string of the molecule is CS(=N)(=O)CCCNc1nonc1C(=NO)NC1Cc2ccc(F)cc21. The fourth-order valence-corrected chi connectivity index (χ4v) is 3.42. The van der Waals surface area contributed by atoms with Crippen LogP contribution in [0.5, 0.6) is 0 Å². The number of nitrogens with zero attached hydrogens (tertiary/aromatic N) is 3. The number of fused-ring (bicyclic) bond motifs is 1. The van der Waals surface area contributed by atoms with E-state index in [-0.39, 0.29) is 35.0 Å². The summed E-state index contributed by atoms with van der Waals surface area (Å²) in [6.07, 6.45) is 2.55. The fraction of sp³-hybridized carbons (Fsp3) is 0.400. The molecule has 2 aromatic rings. The van der Waals surface area contributed by atoms with E-state index in [4.69, 9.17) is 9.41 Å². The van der Waals surface area contributed by atoms with Gasteiger partial charge in [-0.25, -0.2) is 9.02 Å². The Balaban J connectivity index is 1.64. The van der Waals surface area contributed by atoms with Crippen LogP contribution < -0.4 is 10.6 Å². The first-order valence-corrected chi connectivity index (χ1v) is 10.1. The molecule has 0 saturated carbocycles. The van der Waals surface area contributed by atoms with Crippen LogP contribution >= 0.6 is 0 Å². The Morgan fingerprint density at radius 1 is 1.54 bits per heavy atom. The van der Waals surface area contributed by atoms with Crippen LogP contribution in [0.1, 0.15) is 29.3 Å². The number of aromatic nitrogens is 2. The molecular formula is C15H19FN6O3S. The molecule has 1 aromatic carbocycles. The van der Waals surface area contributed by atoms with Crippen molar-refractivity contribution in [2.45, 2.75) is 18.9 Å². The lowest BCUT2D eigenvalue weighted by Gasteiger charge is -2.31. The number of halogens is 1. The Hall–Kier alpha value is -2.69. The lowest BCUT2D eigenvalue weighted by atomic mass is 9.83. The molecule has 2 atom stereocenters. The normalized spacial score (nSPS) is 18.5. The molecule has 0 saturated heterocycles. The smallest absolute Gasteiger partial charge is 0.202 e. The first kappa shape index (κ1) is 18.1. The minimum atomic E-state index is -2.55. The summed E-state index contributed by atoms with van der Waals surface area (Å²) in [7, 11) is -2.55. The Kier molecular flexibility index (Phi) is 5.07. The molecule has 1 aliphatic rings. The summed E-state index contributed by atoms with van der Waals surface area (Å²) in [5, 5.41) is 25.9. The third-order valence-corrected chi connectivity index (χ3v) is 5.10. The first-order chi connectivity index (χ1) is 12.4. The number of rotatable bonds is 7. The van der Waals surface area contributed by atoms with Crippen LogP contribution in [0.3, 0.4) is 0 Å². The maximum Gasteiger partial charge on any atom is 0.202 e. The maximum absolute atomic E-state index is 13.4. The second-order valence-corrected chi connectivity index (χ2v) is 8.56. The summed E-state index contributed by atoms with van der Waals surface area (Å²) in [4.78, 5) is 0. The van der Waals surface area contributed by atoms with E-state index in [0.29, 0.717) is 19.4 Å². The highest BCUT2D eigenvalue weighted by molar-refractivity contribution is 7.91. The number of amidine groups is 1. The number of anilines is 1. The second-order valence-electron chi connectivity index (χ2n) is 6.14. The number of hydrogen-bond donors (Lipinski definition) is 4. The van der Waals surface area contributed by atoms with E-state index in [1.807, 2.05) is 0 Å². The fourth-order valence-electron chi connectivity index (χ4n) is 2.73. The molecule has 0 amide bonds. The van der Waals surface area contributed by atoms with Gasteiger partial charge >= 0.3 is 0 Å². The van der Waals surface area contributed by atoms with Crippen molar-refractivity contribution in [3.63, 3.8) is 0 Å².